The van der Waals surface area contributed by atoms with Gasteiger partial charge in [-0.3, -0.25) is 43.3 Å². The number of nitrogens with zero attached hydrogens (tertiary/aromatic N) is 1. The number of amides is 8. The Balaban J connectivity index is 6.35. The van der Waals surface area contributed by atoms with Crippen LogP contribution in [0.3, 0.4) is 0 Å². The van der Waals surface area contributed by atoms with Crippen molar-refractivity contribution in [1.82, 2.24) is 42.5 Å². The Morgan fingerprint density at radius 3 is 1.54 bits per heavy atom. The van der Waals surface area contributed by atoms with Crippen molar-refractivity contribution < 1.29 is 53.4 Å². The Bertz CT molecular complexity index is 1610. The maximum atomic E-state index is 14.0. The lowest BCUT2D eigenvalue weighted by molar-refractivity contribution is -0.142. The molecule has 0 aromatic carbocycles. The van der Waals surface area contributed by atoms with Crippen LogP contribution in [-0.2, 0) is 43.2 Å². The highest BCUT2D eigenvalue weighted by atomic mass is 32.2. The number of rotatable bonds is 33. The van der Waals surface area contributed by atoms with Crippen LogP contribution in [0.2, 0.25) is 0 Å². The molecule has 8 amide bonds. The number of carboxylic acids is 1. The predicted octanol–water partition coefficient (Wildman–Crippen LogP) is -4.85. The van der Waals surface area contributed by atoms with Crippen molar-refractivity contribution >= 4 is 96.2 Å². The van der Waals surface area contributed by atoms with Gasteiger partial charge in [-0.05, 0) is 76.8 Å². The van der Waals surface area contributed by atoms with Gasteiger partial charge < -0.3 is 75.7 Å². The van der Waals surface area contributed by atoms with Crippen LogP contribution >= 0.6 is 37.0 Å². The van der Waals surface area contributed by atoms with Crippen LogP contribution in [0.15, 0.2) is 4.99 Å². The van der Waals surface area contributed by atoms with Crippen LogP contribution in [0.1, 0.15) is 72.6 Å². The molecule has 18 N–H and O–H groups in total. The average molecular weight is 982 g/mol. The Hall–Kier alpha value is -4.57. The standard InChI is InChI=1S/C38H71N13O11S3/c1-6-19(2)28(36(60)50-27(18-64)37(61)62)51-30(54)21(4)45-32(56)24(11-9-14-43-38(41)42)46-34(58)25(12-15-65-5)48-33(57)23(10-7-8-13-39)47-35(59)26(16-52)49-29(53)20(3)44-31(55)22(40)17-63/h19-28,52,63-64H,6-18,39-40H2,1-5H3,(H,44,55)(H,45,56)(H,46,58)(H,47,59)(H,48,57)(H,49,53)(H,50,60)(H,51,54)(H,61,62)(H4,41,42,43)/t19-,20-,21-,22-,23-,24-,25-,26-,27-,28-/m0/s1. The first-order valence-corrected chi connectivity index (χ1v) is 23.8. The number of aliphatic hydroxyl groups is 1. The summed E-state index contributed by atoms with van der Waals surface area (Å²) < 4.78 is 0. The SMILES string of the molecule is CC[C@H](C)[C@H](NC(=O)[C@H](C)NC(=O)[C@H](CCCN=C(N)N)NC(=O)[C@H](CCSC)NC(=O)[C@H](CCCCN)NC(=O)[C@H](CO)NC(=O)[C@H](C)NC(=O)[C@@H](N)CS)C(=O)N[C@@H](CS)C(=O)O. The van der Waals surface area contributed by atoms with Gasteiger partial charge in [0.1, 0.15) is 48.3 Å². The van der Waals surface area contributed by atoms with E-state index in [1.807, 2.05) is 0 Å². The summed E-state index contributed by atoms with van der Waals surface area (Å²) in [5, 5.41) is 39.3. The second-order valence-electron chi connectivity index (χ2n) is 15.1. The van der Waals surface area contributed by atoms with E-state index in [4.69, 9.17) is 22.9 Å². The molecular formula is C38H71N13O11S3. The summed E-state index contributed by atoms with van der Waals surface area (Å²) in [5.41, 5.74) is 22.2. The lowest BCUT2D eigenvalue weighted by atomic mass is 9.97. The lowest BCUT2D eigenvalue weighted by Crippen LogP contribution is -2.60. The van der Waals surface area contributed by atoms with E-state index in [1.165, 1.54) is 25.6 Å². The van der Waals surface area contributed by atoms with Crippen LogP contribution in [0.5, 0.6) is 0 Å². The van der Waals surface area contributed by atoms with Gasteiger partial charge in [0.15, 0.2) is 5.96 Å². The van der Waals surface area contributed by atoms with Gasteiger partial charge in [-0.2, -0.15) is 37.0 Å². The largest absolute Gasteiger partial charge is 0.480 e. The number of nitrogens with two attached hydrogens (primary N) is 4. The molecule has 0 bridgehead atoms. The maximum absolute atomic E-state index is 14.0. The van der Waals surface area contributed by atoms with Crippen molar-refractivity contribution in [3.63, 3.8) is 0 Å². The first-order chi connectivity index (χ1) is 30.6. The van der Waals surface area contributed by atoms with E-state index in [1.54, 1.807) is 20.1 Å². The lowest BCUT2D eigenvalue weighted by Gasteiger charge is -2.28. The van der Waals surface area contributed by atoms with Crippen molar-refractivity contribution in [2.24, 2.45) is 33.8 Å². The summed E-state index contributed by atoms with van der Waals surface area (Å²) in [6, 6.07) is -11.3. The number of thiol groups is 2. The number of carboxylic acid groups (broad SMARTS) is 1. The van der Waals surface area contributed by atoms with Gasteiger partial charge in [-0.1, -0.05) is 20.3 Å². The van der Waals surface area contributed by atoms with Crippen molar-refractivity contribution in [1.29, 1.82) is 0 Å². The number of guanidine groups is 1. The molecule has 65 heavy (non-hydrogen) atoms. The third-order valence-corrected chi connectivity index (χ3v) is 11.2. The van der Waals surface area contributed by atoms with Crippen molar-refractivity contribution in [3.05, 3.63) is 0 Å². The average Bonchev–Trinajstić information content (AvgIpc) is 3.26. The normalized spacial score (nSPS) is 15.6. The van der Waals surface area contributed by atoms with Gasteiger partial charge in [0, 0.05) is 18.1 Å². The smallest absolute Gasteiger partial charge is 0.327 e. The zero-order valence-electron chi connectivity index (χ0n) is 37.6. The van der Waals surface area contributed by atoms with Gasteiger partial charge in [0.05, 0.1) is 12.6 Å². The first-order valence-electron chi connectivity index (χ1n) is 21.1. The molecule has 10 atom stereocenters. The van der Waals surface area contributed by atoms with E-state index in [2.05, 4.69) is 72.8 Å². The topological polar surface area (TPSA) is 407 Å². The summed E-state index contributed by atoms with van der Waals surface area (Å²) in [5.74, 6) is -8.22. The number of unbranched alkanes of at least 4 members (excludes halogenated alkanes) is 1. The molecule has 0 aliphatic heterocycles. The molecule has 0 aromatic rings. The zero-order chi connectivity index (χ0) is 49.8. The number of carbonyl (C=O) groups excluding carboxylic acids is 8. The molecule has 0 saturated heterocycles. The minimum atomic E-state index is -1.55. The number of hydrogen-bond donors (Lipinski definition) is 16. The van der Waals surface area contributed by atoms with E-state index in [0.29, 0.717) is 25.0 Å². The highest BCUT2D eigenvalue weighted by Gasteiger charge is 2.34. The molecule has 372 valence electrons. The number of hydrogen-bond acceptors (Lipinski definition) is 16. The summed E-state index contributed by atoms with van der Waals surface area (Å²) in [7, 11) is 0. The molecule has 0 radical (unpaired) electrons. The molecule has 0 rings (SSSR count). The fourth-order valence-electron chi connectivity index (χ4n) is 5.62. The monoisotopic (exact) mass is 981 g/mol. The second-order valence-corrected chi connectivity index (χ2v) is 16.9. The van der Waals surface area contributed by atoms with E-state index in [0.717, 1.165) is 0 Å². The van der Waals surface area contributed by atoms with Gasteiger partial charge in [-0.15, -0.1) is 0 Å². The molecular weight excluding hydrogens is 911 g/mol. The summed E-state index contributed by atoms with van der Waals surface area (Å²) >= 11 is 9.27. The van der Waals surface area contributed by atoms with E-state index in [9.17, 15) is 53.4 Å². The minimum Gasteiger partial charge on any atom is -0.480 e. The van der Waals surface area contributed by atoms with Crippen molar-refractivity contribution in [3.8, 4) is 0 Å². The molecule has 27 heteroatoms. The summed E-state index contributed by atoms with van der Waals surface area (Å²) in [6.45, 7) is 5.58. The Labute approximate surface area is 394 Å². The third-order valence-electron chi connectivity index (χ3n) is 9.85. The van der Waals surface area contributed by atoms with Crippen LogP contribution in [0.4, 0.5) is 0 Å². The number of carbonyl (C=O) groups is 9. The third kappa shape index (κ3) is 23.4. The Morgan fingerprint density at radius 1 is 0.615 bits per heavy atom. The Kier molecular flexibility index (Phi) is 30.7. The molecule has 0 aliphatic rings. The maximum Gasteiger partial charge on any atom is 0.327 e. The van der Waals surface area contributed by atoms with Gasteiger partial charge in [0.25, 0.3) is 0 Å². The minimum absolute atomic E-state index is 0.00640. The molecule has 0 unspecified atom stereocenters. The fraction of sp³-hybridized carbons (Fsp3) is 0.737. The molecule has 0 heterocycles. The number of aliphatic imine (C=N–C) groups is 1. The molecule has 24 nitrogen and oxygen atoms in total. The Morgan fingerprint density at radius 2 is 1.08 bits per heavy atom. The van der Waals surface area contributed by atoms with Crippen LogP contribution < -0.4 is 65.5 Å². The fourth-order valence-corrected chi connectivity index (χ4v) is 6.51. The van der Waals surface area contributed by atoms with Crippen molar-refractivity contribution in [2.75, 3.05) is 43.2 Å². The first kappa shape index (κ1) is 60.4. The van der Waals surface area contributed by atoms with Gasteiger partial charge in [-0.25, -0.2) is 4.79 Å². The highest BCUT2D eigenvalue weighted by Crippen LogP contribution is 2.11. The molecule has 0 fully saturated rings. The zero-order valence-corrected chi connectivity index (χ0v) is 40.2. The van der Waals surface area contributed by atoms with Crippen LogP contribution in [0.25, 0.3) is 0 Å². The van der Waals surface area contributed by atoms with E-state index >= 15 is 0 Å². The summed E-state index contributed by atoms with van der Waals surface area (Å²) in [6.07, 6.45) is 3.24. The number of thioether (sulfide) groups is 1. The van der Waals surface area contributed by atoms with Crippen molar-refractivity contribution in [2.45, 2.75) is 127 Å². The van der Waals surface area contributed by atoms with Crippen LogP contribution in [0, 0.1) is 5.92 Å². The predicted molar refractivity (Wildman–Crippen MR) is 252 cm³/mol. The van der Waals surface area contributed by atoms with Gasteiger partial charge in [0.2, 0.25) is 47.3 Å². The molecule has 0 spiro atoms. The molecule has 0 saturated carbocycles. The number of aliphatic hydroxyl groups excluding tert-OH is 1. The number of aliphatic carboxylic acids is 1. The molecule has 0 aromatic heterocycles. The van der Waals surface area contributed by atoms with E-state index < -0.39 is 120 Å². The molecule has 0 aliphatic carbocycles. The highest BCUT2D eigenvalue weighted by molar-refractivity contribution is 7.98. The second kappa shape index (κ2) is 33.0. The number of nitrogens with one attached hydrogen (secondary N) is 8. The van der Waals surface area contributed by atoms with Crippen LogP contribution in [-0.4, -0.2) is 167 Å². The van der Waals surface area contributed by atoms with Gasteiger partial charge >= 0.3 is 5.97 Å². The summed E-state index contributed by atoms with van der Waals surface area (Å²) in [4.78, 5) is 122. The quantitative estimate of drug-likeness (QED) is 0.0127. The van der Waals surface area contributed by atoms with E-state index in [-0.39, 0.29) is 56.2 Å².